The largest absolute Gasteiger partial charge is 0.507 e. The standard InChI is InChI=1S/C11H14N2O3/c1-3-16-11(15)13-12-7-9-6-8(2)4-5-10(9)14/h4-7,14H,3H2,1-2H3,(H,13,15)/b12-7+. The summed E-state index contributed by atoms with van der Waals surface area (Å²) in [5.74, 6) is 0.111. The van der Waals surface area contributed by atoms with E-state index in [1.165, 1.54) is 6.21 Å². The van der Waals surface area contributed by atoms with Gasteiger partial charge in [-0.15, -0.1) is 0 Å². The minimum atomic E-state index is -0.620. The van der Waals surface area contributed by atoms with Crippen LogP contribution in [0.3, 0.4) is 0 Å². The quantitative estimate of drug-likeness (QED) is 0.605. The number of carbonyl (C=O) groups excluding carboxylic acids is 1. The molecule has 0 spiro atoms. The highest BCUT2D eigenvalue weighted by molar-refractivity contribution is 5.84. The molecular weight excluding hydrogens is 208 g/mol. The average Bonchev–Trinajstić information content (AvgIpc) is 2.23. The van der Waals surface area contributed by atoms with E-state index < -0.39 is 6.09 Å². The highest BCUT2D eigenvalue weighted by Crippen LogP contribution is 2.15. The van der Waals surface area contributed by atoms with Gasteiger partial charge in [0, 0.05) is 5.56 Å². The Balaban J connectivity index is 2.62. The van der Waals surface area contributed by atoms with Crippen LogP contribution in [0.5, 0.6) is 5.75 Å². The zero-order chi connectivity index (χ0) is 12.0. The lowest BCUT2D eigenvalue weighted by atomic mass is 10.1. The lowest BCUT2D eigenvalue weighted by Gasteiger charge is -2.01. The maximum atomic E-state index is 10.9. The summed E-state index contributed by atoms with van der Waals surface area (Å²) in [4.78, 5) is 10.9. The Labute approximate surface area is 93.7 Å². The van der Waals surface area contributed by atoms with Crippen molar-refractivity contribution in [2.75, 3.05) is 6.61 Å². The SMILES string of the molecule is CCOC(=O)N/N=C/c1cc(C)ccc1O. The zero-order valence-electron chi connectivity index (χ0n) is 9.23. The number of phenols is 1. The van der Waals surface area contributed by atoms with Crippen LogP contribution in [0.1, 0.15) is 18.1 Å². The third-order valence-electron chi connectivity index (χ3n) is 1.82. The normalized spacial score (nSPS) is 10.4. The van der Waals surface area contributed by atoms with E-state index in [0.717, 1.165) is 5.56 Å². The molecule has 1 aromatic carbocycles. The molecule has 5 heteroatoms. The van der Waals surface area contributed by atoms with Gasteiger partial charge in [-0.3, -0.25) is 0 Å². The number of phenolic OH excluding ortho intramolecular Hbond substituents is 1. The van der Waals surface area contributed by atoms with Crippen molar-refractivity contribution in [2.45, 2.75) is 13.8 Å². The van der Waals surface area contributed by atoms with Crippen LogP contribution in [0, 0.1) is 6.92 Å². The van der Waals surface area contributed by atoms with Crippen molar-refractivity contribution < 1.29 is 14.6 Å². The van der Waals surface area contributed by atoms with Gasteiger partial charge in [0.2, 0.25) is 0 Å². The molecule has 0 atom stereocenters. The summed E-state index contributed by atoms with van der Waals surface area (Å²) in [5, 5.41) is 13.1. The molecule has 2 N–H and O–H groups in total. The first-order chi connectivity index (χ1) is 7.63. The molecule has 0 aliphatic carbocycles. The van der Waals surface area contributed by atoms with Crippen LogP contribution in [-0.2, 0) is 4.74 Å². The number of hydrogen-bond acceptors (Lipinski definition) is 4. The maximum Gasteiger partial charge on any atom is 0.427 e. The van der Waals surface area contributed by atoms with Crippen molar-refractivity contribution in [3.05, 3.63) is 29.3 Å². The lowest BCUT2D eigenvalue weighted by Crippen LogP contribution is -2.18. The molecule has 0 saturated heterocycles. The van der Waals surface area contributed by atoms with Gasteiger partial charge in [0.15, 0.2) is 0 Å². The van der Waals surface area contributed by atoms with E-state index in [0.29, 0.717) is 5.56 Å². The summed E-state index contributed by atoms with van der Waals surface area (Å²) in [6.45, 7) is 3.89. The Morgan fingerprint density at radius 2 is 2.38 bits per heavy atom. The molecule has 16 heavy (non-hydrogen) atoms. The summed E-state index contributed by atoms with van der Waals surface area (Å²) in [6.07, 6.45) is 0.741. The fourth-order valence-electron chi connectivity index (χ4n) is 1.10. The number of aryl methyl sites for hydroxylation is 1. The minimum absolute atomic E-state index is 0.111. The summed E-state index contributed by atoms with van der Waals surface area (Å²) in [6, 6.07) is 5.11. The van der Waals surface area contributed by atoms with Crippen molar-refractivity contribution in [1.82, 2.24) is 5.43 Å². The summed E-state index contributed by atoms with van der Waals surface area (Å²) < 4.78 is 4.61. The molecule has 5 nitrogen and oxygen atoms in total. The van der Waals surface area contributed by atoms with E-state index >= 15 is 0 Å². The number of nitrogens with one attached hydrogen (secondary N) is 1. The third kappa shape index (κ3) is 3.61. The summed E-state index contributed by atoms with van der Waals surface area (Å²) in [5.41, 5.74) is 3.71. The summed E-state index contributed by atoms with van der Waals surface area (Å²) in [7, 11) is 0. The van der Waals surface area contributed by atoms with Crippen LogP contribution in [0.2, 0.25) is 0 Å². The lowest BCUT2D eigenvalue weighted by molar-refractivity contribution is 0.152. The molecule has 0 saturated carbocycles. The monoisotopic (exact) mass is 222 g/mol. The molecule has 1 aromatic rings. The second-order valence-corrected chi connectivity index (χ2v) is 3.15. The van der Waals surface area contributed by atoms with Gasteiger partial charge in [0.25, 0.3) is 0 Å². The first-order valence-corrected chi connectivity index (χ1v) is 4.89. The highest BCUT2D eigenvalue weighted by atomic mass is 16.5. The molecule has 0 radical (unpaired) electrons. The van der Waals surface area contributed by atoms with E-state index in [9.17, 15) is 9.90 Å². The Bertz CT molecular complexity index is 402. The molecule has 1 rings (SSSR count). The molecule has 0 fully saturated rings. The average molecular weight is 222 g/mol. The molecular formula is C11H14N2O3. The number of ether oxygens (including phenoxy) is 1. The van der Waals surface area contributed by atoms with Crippen LogP contribution >= 0.6 is 0 Å². The van der Waals surface area contributed by atoms with Crippen LogP contribution in [0.25, 0.3) is 0 Å². The van der Waals surface area contributed by atoms with Crippen LogP contribution in [-0.4, -0.2) is 24.0 Å². The number of carbonyl (C=O) groups is 1. The van der Waals surface area contributed by atoms with Gasteiger partial charge >= 0.3 is 6.09 Å². The van der Waals surface area contributed by atoms with E-state index in [2.05, 4.69) is 15.3 Å². The molecule has 0 heterocycles. The van der Waals surface area contributed by atoms with Gasteiger partial charge < -0.3 is 9.84 Å². The Kier molecular flexibility index (Phi) is 4.32. The molecule has 0 bridgehead atoms. The van der Waals surface area contributed by atoms with Gasteiger partial charge in [-0.1, -0.05) is 11.6 Å². The Morgan fingerprint density at radius 1 is 1.62 bits per heavy atom. The number of amides is 1. The number of rotatable bonds is 3. The van der Waals surface area contributed by atoms with Crippen LogP contribution in [0.15, 0.2) is 23.3 Å². The van der Waals surface area contributed by atoms with Crippen LogP contribution in [0.4, 0.5) is 4.79 Å². The van der Waals surface area contributed by atoms with E-state index in [1.54, 1.807) is 25.1 Å². The summed E-state index contributed by atoms with van der Waals surface area (Å²) >= 11 is 0. The number of hydrazone groups is 1. The van der Waals surface area contributed by atoms with Crippen molar-refractivity contribution in [2.24, 2.45) is 5.10 Å². The second-order valence-electron chi connectivity index (χ2n) is 3.15. The molecule has 0 unspecified atom stereocenters. The molecule has 86 valence electrons. The smallest absolute Gasteiger partial charge is 0.427 e. The molecule has 0 aromatic heterocycles. The Hall–Kier alpha value is -2.04. The predicted octanol–water partition coefficient (Wildman–Crippen LogP) is 1.78. The van der Waals surface area contributed by atoms with Gasteiger partial charge in [0.05, 0.1) is 12.8 Å². The zero-order valence-corrected chi connectivity index (χ0v) is 9.23. The van der Waals surface area contributed by atoms with Crippen molar-refractivity contribution in [1.29, 1.82) is 0 Å². The van der Waals surface area contributed by atoms with E-state index in [-0.39, 0.29) is 12.4 Å². The first-order valence-electron chi connectivity index (χ1n) is 4.89. The predicted molar refractivity (Wildman–Crippen MR) is 60.6 cm³/mol. The van der Waals surface area contributed by atoms with E-state index in [4.69, 9.17) is 0 Å². The number of hydrogen-bond donors (Lipinski definition) is 2. The fraction of sp³-hybridized carbons (Fsp3) is 0.273. The highest BCUT2D eigenvalue weighted by Gasteiger charge is 1.99. The number of benzene rings is 1. The van der Waals surface area contributed by atoms with Gasteiger partial charge in [-0.05, 0) is 26.0 Å². The second kappa shape index (κ2) is 5.75. The van der Waals surface area contributed by atoms with Crippen molar-refractivity contribution >= 4 is 12.3 Å². The van der Waals surface area contributed by atoms with E-state index in [1.807, 2.05) is 6.92 Å². The van der Waals surface area contributed by atoms with Gasteiger partial charge in [-0.2, -0.15) is 5.10 Å². The first kappa shape index (κ1) is 12.0. The van der Waals surface area contributed by atoms with Crippen molar-refractivity contribution in [3.8, 4) is 5.75 Å². The third-order valence-corrected chi connectivity index (χ3v) is 1.82. The Morgan fingerprint density at radius 3 is 3.06 bits per heavy atom. The topological polar surface area (TPSA) is 70.9 Å². The van der Waals surface area contributed by atoms with Gasteiger partial charge in [0.1, 0.15) is 5.75 Å². The number of aromatic hydroxyl groups is 1. The molecule has 0 aliphatic heterocycles. The van der Waals surface area contributed by atoms with Crippen LogP contribution < -0.4 is 5.43 Å². The molecule has 1 amide bonds. The minimum Gasteiger partial charge on any atom is -0.507 e. The molecule has 0 aliphatic rings. The van der Waals surface area contributed by atoms with Gasteiger partial charge in [-0.25, -0.2) is 10.2 Å². The number of nitrogens with zero attached hydrogens (tertiary/aromatic N) is 1. The van der Waals surface area contributed by atoms with Crippen molar-refractivity contribution in [3.63, 3.8) is 0 Å². The maximum absolute atomic E-state index is 10.9. The fourth-order valence-corrected chi connectivity index (χ4v) is 1.10.